The molecule has 0 aliphatic carbocycles. The molecule has 0 saturated carbocycles. The number of sulfonamides is 1. The van der Waals surface area contributed by atoms with Crippen LogP contribution < -0.4 is 14.5 Å². The predicted octanol–water partition coefficient (Wildman–Crippen LogP) is 3.48. The predicted molar refractivity (Wildman–Crippen MR) is 133 cm³/mol. The summed E-state index contributed by atoms with van der Waals surface area (Å²) in [5, 5.41) is 2.79. The quantitative estimate of drug-likeness (QED) is 0.516. The Morgan fingerprint density at radius 2 is 1.60 bits per heavy atom. The lowest BCUT2D eigenvalue weighted by atomic mass is 10.2. The number of carbonyl (C=O) groups is 1. The molecule has 7 nitrogen and oxygen atoms in total. The smallest absolute Gasteiger partial charge is 0.264 e. The summed E-state index contributed by atoms with van der Waals surface area (Å²) in [6.45, 7) is 4.75. The second-order valence-corrected chi connectivity index (χ2v) is 10.2. The highest BCUT2D eigenvalue weighted by Gasteiger charge is 2.27. The van der Waals surface area contributed by atoms with Crippen LogP contribution >= 0.6 is 0 Å². The van der Waals surface area contributed by atoms with Gasteiger partial charge in [0.25, 0.3) is 10.0 Å². The van der Waals surface area contributed by atoms with E-state index in [2.05, 4.69) is 10.2 Å². The van der Waals surface area contributed by atoms with Crippen LogP contribution in [0.5, 0.6) is 0 Å². The first-order valence-electron chi connectivity index (χ1n) is 11.4. The molecule has 1 heterocycles. The highest BCUT2D eigenvalue weighted by molar-refractivity contribution is 7.92. The monoisotopic (exact) mass is 497 g/mol. The molecule has 3 aromatic carbocycles. The van der Waals surface area contributed by atoms with E-state index >= 15 is 0 Å². The van der Waals surface area contributed by atoms with Gasteiger partial charge in [0.2, 0.25) is 5.91 Å². The van der Waals surface area contributed by atoms with E-state index in [1.54, 1.807) is 12.1 Å². The van der Waals surface area contributed by atoms with Crippen LogP contribution in [0.2, 0.25) is 0 Å². The Kier molecular flexibility index (Phi) is 7.67. The summed E-state index contributed by atoms with van der Waals surface area (Å²) in [5.74, 6) is -0.964. The fourth-order valence-electron chi connectivity index (χ4n) is 3.79. The number of hydrogen-bond acceptors (Lipinski definition) is 5. The van der Waals surface area contributed by atoms with Gasteiger partial charge in [0.1, 0.15) is 12.4 Å². The van der Waals surface area contributed by atoms with Gasteiger partial charge < -0.3 is 15.0 Å². The first-order chi connectivity index (χ1) is 16.8. The zero-order valence-electron chi connectivity index (χ0n) is 19.5. The molecule has 1 amide bonds. The van der Waals surface area contributed by atoms with Crippen LogP contribution in [0, 0.1) is 12.7 Å². The third-order valence-electron chi connectivity index (χ3n) is 5.81. The summed E-state index contributed by atoms with van der Waals surface area (Å²) in [6, 6.07) is 19.3. The summed E-state index contributed by atoms with van der Waals surface area (Å²) in [4.78, 5) is 15.1. The van der Waals surface area contributed by atoms with Crippen LogP contribution in [0.4, 0.5) is 15.8 Å². The molecular weight excluding hydrogens is 469 g/mol. The van der Waals surface area contributed by atoms with Gasteiger partial charge in [0, 0.05) is 25.3 Å². The van der Waals surface area contributed by atoms with Crippen LogP contribution in [0.1, 0.15) is 11.1 Å². The van der Waals surface area contributed by atoms with E-state index in [1.807, 2.05) is 31.2 Å². The number of rotatable bonds is 8. The lowest BCUT2D eigenvalue weighted by Crippen LogP contribution is -2.40. The summed E-state index contributed by atoms with van der Waals surface area (Å²) >= 11 is 0. The maximum absolute atomic E-state index is 13.5. The van der Waals surface area contributed by atoms with Gasteiger partial charge in [-0.1, -0.05) is 29.8 Å². The molecule has 184 valence electrons. The Bertz CT molecular complexity index is 1240. The SMILES string of the molecule is Cc1ccc(S(=O)(=O)N(CC(=O)NCc2ccc(N3CCOCC3)cc2)c2ccc(F)cc2)cc1. The van der Waals surface area contributed by atoms with E-state index in [-0.39, 0.29) is 17.1 Å². The molecule has 0 atom stereocenters. The minimum absolute atomic E-state index is 0.0546. The Hall–Kier alpha value is -3.43. The van der Waals surface area contributed by atoms with Gasteiger partial charge >= 0.3 is 0 Å². The topological polar surface area (TPSA) is 79.0 Å². The van der Waals surface area contributed by atoms with E-state index in [1.165, 1.54) is 36.4 Å². The average molecular weight is 498 g/mol. The molecule has 4 rings (SSSR count). The Morgan fingerprint density at radius 3 is 2.23 bits per heavy atom. The molecule has 0 aromatic heterocycles. The van der Waals surface area contributed by atoms with Crippen LogP contribution in [-0.2, 0) is 26.1 Å². The number of nitrogens with zero attached hydrogens (tertiary/aromatic N) is 2. The number of carbonyl (C=O) groups excluding carboxylic acids is 1. The molecule has 3 aromatic rings. The number of ether oxygens (including phenoxy) is 1. The molecule has 0 unspecified atom stereocenters. The third kappa shape index (κ3) is 6.17. The van der Waals surface area contributed by atoms with Crippen LogP contribution in [0.25, 0.3) is 0 Å². The summed E-state index contributed by atoms with van der Waals surface area (Å²) in [7, 11) is -4.05. The number of nitrogens with one attached hydrogen (secondary N) is 1. The van der Waals surface area contributed by atoms with Crippen molar-refractivity contribution in [3.05, 3.63) is 89.7 Å². The summed E-state index contributed by atoms with van der Waals surface area (Å²) in [5.41, 5.74) is 3.10. The number of morpholine rings is 1. The van der Waals surface area contributed by atoms with Crippen molar-refractivity contribution in [2.45, 2.75) is 18.4 Å². The summed E-state index contributed by atoms with van der Waals surface area (Å²) in [6.07, 6.45) is 0. The van der Waals surface area contributed by atoms with Gasteiger partial charge in [-0.25, -0.2) is 12.8 Å². The Balaban J connectivity index is 1.46. The van der Waals surface area contributed by atoms with E-state index in [0.717, 1.165) is 34.2 Å². The number of benzene rings is 3. The lowest BCUT2D eigenvalue weighted by Gasteiger charge is -2.29. The van der Waals surface area contributed by atoms with E-state index in [4.69, 9.17) is 4.74 Å². The van der Waals surface area contributed by atoms with Crippen molar-refractivity contribution in [3.8, 4) is 0 Å². The van der Waals surface area contributed by atoms with Gasteiger partial charge in [-0.2, -0.15) is 0 Å². The highest BCUT2D eigenvalue weighted by Crippen LogP contribution is 2.24. The number of aryl methyl sites for hydroxylation is 1. The van der Waals surface area contributed by atoms with Crippen molar-refractivity contribution >= 4 is 27.3 Å². The third-order valence-corrected chi connectivity index (χ3v) is 7.60. The van der Waals surface area contributed by atoms with Crippen molar-refractivity contribution in [2.24, 2.45) is 0 Å². The molecule has 35 heavy (non-hydrogen) atoms. The fourth-order valence-corrected chi connectivity index (χ4v) is 5.21. The summed E-state index contributed by atoms with van der Waals surface area (Å²) < 4.78 is 46.6. The number of hydrogen-bond donors (Lipinski definition) is 1. The standard InChI is InChI=1S/C26H28FN3O4S/c1-20-2-12-25(13-3-20)35(32,33)30(24-10-6-22(27)7-11-24)19-26(31)28-18-21-4-8-23(9-5-21)29-14-16-34-17-15-29/h2-13H,14-19H2,1H3,(H,28,31). The molecule has 1 aliphatic rings. The van der Waals surface area contributed by atoms with E-state index in [9.17, 15) is 17.6 Å². The lowest BCUT2D eigenvalue weighted by molar-refractivity contribution is -0.119. The molecule has 1 N–H and O–H groups in total. The number of halogens is 1. The maximum atomic E-state index is 13.5. The van der Waals surface area contributed by atoms with Gasteiger partial charge in [-0.3, -0.25) is 9.10 Å². The van der Waals surface area contributed by atoms with E-state index < -0.39 is 28.3 Å². The van der Waals surface area contributed by atoms with Crippen molar-refractivity contribution in [1.29, 1.82) is 0 Å². The molecule has 9 heteroatoms. The van der Waals surface area contributed by atoms with Crippen molar-refractivity contribution in [1.82, 2.24) is 5.32 Å². The second kappa shape index (κ2) is 10.9. The largest absolute Gasteiger partial charge is 0.378 e. The normalized spacial score (nSPS) is 13.9. The number of anilines is 2. The molecule has 0 radical (unpaired) electrons. The Labute approximate surface area is 205 Å². The Morgan fingerprint density at radius 1 is 0.971 bits per heavy atom. The zero-order valence-corrected chi connectivity index (χ0v) is 20.3. The van der Waals surface area contributed by atoms with Crippen molar-refractivity contribution < 1.29 is 22.3 Å². The van der Waals surface area contributed by atoms with Crippen LogP contribution in [0.3, 0.4) is 0 Å². The zero-order chi connectivity index (χ0) is 24.8. The van der Waals surface area contributed by atoms with E-state index in [0.29, 0.717) is 13.2 Å². The second-order valence-electron chi connectivity index (χ2n) is 8.34. The maximum Gasteiger partial charge on any atom is 0.264 e. The van der Waals surface area contributed by atoms with Gasteiger partial charge in [0.05, 0.1) is 23.8 Å². The first kappa shape index (κ1) is 24.7. The minimum Gasteiger partial charge on any atom is -0.378 e. The highest BCUT2D eigenvalue weighted by atomic mass is 32.2. The number of amides is 1. The van der Waals surface area contributed by atoms with Crippen molar-refractivity contribution in [3.63, 3.8) is 0 Å². The first-order valence-corrected chi connectivity index (χ1v) is 12.8. The molecule has 0 spiro atoms. The average Bonchev–Trinajstić information content (AvgIpc) is 2.88. The molecule has 1 aliphatic heterocycles. The molecule has 0 bridgehead atoms. The van der Waals surface area contributed by atoms with Crippen LogP contribution in [-0.4, -0.2) is 47.2 Å². The van der Waals surface area contributed by atoms with Gasteiger partial charge in [-0.05, 0) is 61.0 Å². The molecule has 1 saturated heterocycles. The minimum atomic E-state index is -4.05. The molecule has 1 fully saturated rings. The van der Waals surface area contributed by atoms with Gasteiger partial charge in [0.15, 0.2) is 0 Å². The van der Waals surface area contributed by atoms with Gasteiger partial charge in [-0.15, -0.1) is 0 Å². The van der Waals surface area contributed by atoms with Crippen LogP contribution in [0.15, 0.2) is 77.7 Å². The fraction of sp³-hybridized carbons (Fsp3) is 0.269. The van der Waals surface area contributed by atoms with Crippen molar-refractivity contribution in [2.75, 3.05) is 42.1 Å². The molecular formula is C26H28FN3O4S.